The van der Waals surface area contributed by atoms with Crippen LogP contribution in [-0.4, -0.2) is 58.8 Å². The molecule has 1 saturated heterocycles. The number of allylic oxidation sites excluding steroid dienone is 2. The topological polar surface area (TPSA) is 117 Å². The summed E-state index contributed by atoms with van der Waals surface area (Å²) in [7, 11) is 0. The number of amides is 1. The van der Waals surface area contributed by atoms with Crippen LogP contribution in [-0.2, 0) is 19.2 Å². The third kappa shape index (κ3) is 5.65. The van der Waals surface area contributed by atoms with Gasteiger partial charge in [-0.15, -0.1) is 0 Å². The molecule has 8 nitrogen and oxygen atoms in total. The van der Waals surface area contributed by atoms with Crippen molar-refractivity contribution in [1.82, 2.24) is 5.32 Å². The van der Waals surface area contributed by atoms with E-state index in [1.54, 1.807) is 0 Å². The molecule has 1 amide bonds. The largest absolute Gasteiger partial charge is 0.481 e. The summed E-state index contributed by atoms with van der Waals surface area (Å²) >= 11 is 0. The van der Waals surface area contributed by atoms with E-state index in [0.29, 0.717) is 30.8 Å². The second kappa shape index (κ2) is 10.8. The van der Waals surface area contributed by atoms with Crippen LogP contribution in [0.4, 0.5) is 0 Å². The Morgan fingerprint density at radius 1 is 1.10 bits per heavy atom. The van der Waals surface area contributed by atoms with Gasteiger partial charge >= 0.3 is 5.97 Å². The Kier molecular flexibility index (Phi) is 7.92. The summed E-state index contributed by atoms with van der Waals surface area (Å²) in [6.45, 7) is 9.10. The summed E-state index contributed by atoms with van der Waals surface area (Å²) in [4.78, 5) is 29.7. The minimum absolute atomic E-state index is 0.0427. The number of carboxylic acid groups (broad SMARTS) is 1. The highest BCUT2D eigenvalue weighted by Crippen LogP contribution is 2.65. The van der Waals surface area contributed by atoms with E-state index in [1.165, 1.54) is 18.4 Å². The van der Waals surface area contributed by atoms with E-state index in [1.807, 2.05) is 13.8 Å². The maximum absolute atomic E-state index is 12.7. The number of hydrogen-bond donors (Lipinski definition) is 3. The van der Waals surface area contributed by atoms with Crippen molar-refractivity contribution in [2.45, 2.75) is 116 Å². The van der Waals surface area contributed by atoms with E-state index >= 15 is 0 Å². The highest BCUT2D eigenvalue weighted by Gasteiger charge is 2.58. The number of aliphatic carboxylic acids is 1. The van der Waals surface area contributed by atoms with Gasteiger partial charge in [-0.05, 0) is 119 Å². The Bertz CT molecular complexity index is 1020. The average Bonchev–Trinajstić information content (AvgIpc) is 3.17. The number of carbonyl (C=O) groups is 2. The van der Waals surface area contributed by atoms with Crippen molar-refractivity contribution in [3.8, 4) is 0 Å². The molecule has 5 rings (SSSR count). The van der Waals surface area contributed by atoms with Gasteiger partial charge in [0.05, 0.1) is 23.8 Å². The number of carboxylic acids is 1. The second-order valence-electron chi connectivity index (χ2n) is 14.1. The first kappa shape index (κ1) is 28.6. The zero-order chi connectivity index (χ0) is 28.0. The van der Waals surface area contributed by atoms with Gasteiger partial charge in [0.25, 0.3) is 5.91 Å². The van der Waals surface area contributed by atoms with Crippen molar-refractivity contribution in [2.24, 2.45) is 39.7 Å². The number of aliphatic hydroxyl groups excluding tert-OH is 1. The first-order chi connectivity index (χ1) is 18.4. The zero-order valence-electron chi connectivity index (χ0n) is 24.2. The number of hydrogen-bond acceptors (Lipinski definition) is 6. The molecule has 8 heteroatoms. The van der Waals surface area contributed by atoms with Crippen LogP contribution in [0.15, 0.2) is 16.8 Å². The summed E-state index contributed by atoms with van der Waals surface area (Å²) in [6.07, 6.45) is 11.9. The molecule has 0 spiro atoms. The predicted molar refractivity (Wildman–Crippen MR) is 148 cm³/mol. The van der Waals surface area contributed by atoms with E-state index in [4.69, 9.17) is 9.57 Å². The molecular formula is C31H48N2O6. The van der Waals surface area contributed by atoms with Crippen LogP contribution in [0.3, 0.4) is 0 Å². The average molecular weight is 545 g/mol. The fraction of sp³-hybridized carbons (Fsp3) is 0.839. The molecule has 0 aromatic rings. The van der Waals surface area contributed by atoms with Gasteiger partial charge in [-0.1, -0.05) is 24.6 Å². The van der Waals surface area contributed by atoms with Gasteiger partial charge in [0.1, 0.15) is 0 Å². The van der Waals surface area contributed by atoms with Gasteiger partial charge in [-0.3, -0.25) is 9.59 Å². The lowest BCUT2D eigenvalue weighted by Gasteiger charge is -2.57. The van der Waals surface area contributed by atoms with E-state index < -0.39 is 12.0 Å². The zero-order valence-corrected chi connectivity index (χ0v) is 24.2. The Hall–Kier alpha value is -1.93. The number of carbonyl (C=O) groups excluding carboxylic acids is 1. The van der Waals surface area contributed by atoms with Crippen LogP contribution in [0.25, 0.3) is 0 Å². The fourth-order valence-electron chi connectivity index (χ4n) is 9.18. The Morgan fingerprint density at radius 3 is 2.64 bits per heavy atom. The van der Waals surface area contributed by atoms with Crippen LogP contribution in [0.1, 0.15) is 98.3 Å². The number of ether oxygens (including phenoxy) is 1. The molecule has 39 heavy (non-hydrogen) atoms. The number of nitrogens with one attached hydrogen (secondary N) is 1. The molecule has 0 radical (unpaired) electrons. The summed E-state index contributed by atoms with van der Waals surface area (Å²) < 4.78 is 5.77. The van der Waals surface area contributed by atoms with Crippen molar-refractivity contribution >= 4 is 17.6 Å². The summed E-state index contributed by atoms with van der Waals surface area (Å²) in [5, 5.41) is 27.3. The third-order valence-corrected chi connectivity index (χ3v) is 11.3. The molecule has 1 aliphatic heterocycles. The molecule has 0 bridgehead atoms. The van der Waals surface area contributed by atoms with Crippen LogP contribution in [0.5, 0.6) is 0 Å². The number of aliphatic hydroxyl groups is 1. The van der Waals surface area contributed by atoms with Gasteiger partial charge in [0.15, 0.2) is 6.61 Å². The molecule has 0 aromatic carbocycles. The molecule has 1 heterocycles. The van der Waals surface area contributed by atoms with E-state index in [0.717, 1.165) is 50.7 Å². The summed E-state index contributed by atoms with van der Waals surface area (Å²) in [5.41, 5.74) is 2.30. The first-order valence-electron chi connectivity index (χ1n) is 15.1. The number of rotatable bonds is 7. The van der Waals surface area contributed by atoms with Crippen LogP contribution < -0.4 is 5.32 Å². The van der Waals surface area contributed by atoms with Crippen LogP contribution in [0, 0.1) is 34.5 Å². The maximum Gasteiger partial charge on any atom is 0.305 e. The van der Waals surface area contributed by atoms with E-state index in [2.05, 4.69) is 30.4 Å². The molecule has 5 aliphatic rings. The van der Waals surface area contributed by atoms with Crippen molar-refractivity contribution in [2.75, 3.05) is 13.2 Å². The number of oxime groups is 1. The molecule has 3 saturated carbocycles. The lowest BCUT2D eigenvalue weighted by Crippen LogP contribution is -2.51. The van der Waals surface area contributed by atoms with Gasteiger partial charge < -0.3 is 25.1 Å². The SMILES string of the molecule is CC1(C)CC(C(CC(=O)O)NC(=O)CON=C2C=C3CCC4C5CCC(O)[C@@]5(C)CCC4[C@@]3(C)CC2)CCO1. The van der Waals surface area contributed by atoms with Crippen LogP contribution in [0.2, 0.25) is 0 Å². The quantitative estimate of drug-likeness (QED) is 0.395. The molecule has 0 aromatic heterocycles. The van der Waals surface area contributed by atoms with Crippen molar-refractivity contribution in [3.05, 3.63) is 11.6 Å². The second-order valence-corrected chi connectivity index (χ2v) is 14.1. The van der Waals surface area contributed by atoms with Crippen LogP contribution >= 0.6 is 0 Å². The normalized spacial score (nSPS) is 41.0. The predicted octanol–water partition coefficient (Wildman–Crippen LogP) is 4.85. The highest BCUT2D eigenvalue weighted by atomic mass is 16.6. The van der Waals surface area contributed by atoms with Gasteiger partial charge in [0, 0.05) is 12.6 Å². The molecule has 4 aliphatic carbocycles. The summed E-state index contributed by atoms with van der Waals surface area (Å²) in [5.74, 6) is 0.772. The fourth-order valence-corrected chi connectivity index (χ4v) is 9.18. The Balaban J connectivity index is 1.18. The number of fused-ring (bicyclic) bond motifs is 5. The standard InChI is InChI=1S/C31H48N2O6/c1-29(2)17-19(11-14-38-29)25(16-28(36)37)32-27(35)18-39-33-21-9-12-30(3)20(15-21)5-6-22-23-7-8-26(34)31(23,4)13-10-24(22)30/h15,19,22-26,34H,5-14,16-18H2,1-4H3,(H,32,35)(H,36,37)/t19?,22?,23?,24?,25?,26?,30-,31-/m0/s1. The minimum Gasteiger partial charge on any atom is -0.481 e. The van der Waals surface area contributed by atoms with Gasteiger partial charge in [-0.25, -0.2) is 0 Å². The van der Waals surface area contributed by atoms with E-state index in [-0.39, 0.29) is 47.4 Å². The van der Waals surface area contributed by atoms with Crippen molar-refractivity contribution in [1.29, 1.82) is 0 Å². The molecular weight excluding hydrogens is 496 g/mol. The highest BCUT2D eigenvalue weighted by molar-refractivity contribution is 5.96. The molecule has 3 N–H and O–H groups in total. The molecule has 218 valence electrons. The molecule has 4 fully saturated rings. The lowest BCUT2D eigenvalue weighted by molar-refractivity contribution is -0.139. The smallest absolute Gasteiger partial charge is 0.305 e. The molecule has 6 unspecified atom stereocenters. The van der Waals surface area contributed by atoms with E-state index in [9.17, 15) is 19.8 Å². The monoisotopic (exact) mass is 544 g/mol. The lowest BCUT2D eigenvalue weighted by atomic mass is 9.47. The number of nitrogens with zero attached hydrogens (tertiary/aromatic N) is 1. The minimum atomic E-state index is -0.927. The van der Waals surface area contributed by atoms with Crippen molar-refractivity contribution in [3.63, 3.8) is 0 Å². The van der Waals surface area contributed by atoms with Gasteiger partial charge in [-0.2, -0.15) is 0 Å². The van der Waals surface area contributed by atoms with Crippen molar-refractivity contribution < 1.29 is 29.4 Å². The molecule has 8 atom stereocenters. The maximum atomic E-state index is 12.7. The summed E-state index contributed by atoms with van der Waals surface area (Å²) in [6, 6.07) is -0.458. The van der Waals surface area contributed by atoms with Gasteiger partial charge in [0.2, 0.25) is 0 Å². The third-order valence-electron chi connectivity index (χ3n) is 11.3. The first-order valence-corrected chi connectivity index (χ1v) is 15.1. The Morgan fingerprint density at radius 2 is 1.90 bits per heavy atom. The Labute approximate surface area is 233 Å².